The summed E-state index contributed by atoms with van der Waals surface area (Å²) < 4.78 is 5.07. The molecule has 0 saturated carbocycles. The highest BCUT2D eigenvalue weighted by Gasteiger charge is 2.37. The van der Waals surface area contributed by atoms with Crippen LogP contribution in [0.3, 0.4) is 0 Å². The van der Waals surface area contributed by atoms with E-state index in [1.807, 2.05) is 24.3 Å². The van der Waals surface area contributed by atoms with Crippen LogP contribution >= 0.6 is 12.2 Å². The van der Waals surface area contributed by atoms with Gasteiger partial charge in [-0.3, -0.25) is 4.79 Å². The largest absolute Gasteiger partial charge is 0.466 e. The molecular formula is C13H13NO2S. The zero-order valence-corrected chi connectivity index (χ0v) is 10.4. The molecule has 1 aromatic rings. The number of aliphatic imine (C=N–C) groups is 1. The van der Waals surface area contributed by atoms with Crippen molar-refractivity contribution in [2.75, 3.05) is 6.61 Å². The Balaban J connectivity index is 2.32. The molecule has 1 aromatic carbocycles. The molecule has 0 fully saturated rings. The lowest BCUT2D eigenvalue weighted by molar-refractivity contribution is -0.148. The maximum Gasteiger partial charge on any atom is 0.311 e. The van der Waals surface area contributed by atoms with Crippen LogP contribution < -0.4 is 0 Å². The number of fused-ring (bicyclic) bond motifs is 1. The van der Waals surface area contributed by atoms with Crippen LogP contribution in [0.5, 0.6) is 0 Å². The van der Waals surface area contributed by atoms with Crippen molar-refractivity contribution < 1.29 is 9.53 Å². The Hall–Kier alpha value is -1.51. The predicted octanol–water partition coefficient (Wildman–Crippen LogP) is 2.57. The fourth-order valence-corrected chi connectivity index (χ4v) is 2.37. The van der Waals surface area contributed by atoms with Gasteiger partial charge in [-0.15, -0.1) is 0 Å². The molecule has 0 radical (unpaired) electrons. The Morgan fingerprint density at radius 3 is 3.06 bits per heavy atom. The molecule has 0 unspecified atom stereocenters. The van der Waals surface area contributed by atoms with Gasteiger partial charge in [0, 0.05) is 0 Å². The molecule has 17 heavy (non-hydrogen) atoms. The number of carbonyl (C=O) groups excluding carboxylic acids is 1. The fourth-order valence-electron chi connectivity index (χ4n) is 2.25. The number of nitrogens with zero attached hydrogens (tertiary/aromatic N) is 1. The smallest absolute Gasteiger partial charge is 0.311 e. The van der Waals surface area contributed by atoms with E-state index < -0.39 is 0 Å². The molecule has 1 aliphatic carbocycles. The maximum atomic E-state index is 11.9. The molecule has 0 bridgehead atoms. The number of thiocarbonyl (C=S) groups is 1. The molecule has 0 aliphatic heterocycles. The standard InChI is InChI=1S/C13H13NO2S/c1-2-16-13(15)11-7-9-5-3-4-6-10(9)12(11)14-8-17/h3-6,11-12H,2,7H2,1H3/t11-,12+/m0/s1. The molecule has 2 rings (SSSR count). The van der Waals surface area contributed by atoms with E-state index in [4.69, 9.17) is 4.74 Å². The molecule has 0 aromatic heterocycles. The third-order valence-electron chi connectivity index (χ3n) is 2.98. The van der Waals surface area contributed by atoms with Crippen molar-refractivity contribution in [1.29, 1.82) is 0 Å². The highest BCUT2D eigenvalue weighted by atomic mass is 32.1. The molecule has 0 amide bonds. The van der Waals surface area contributed by atoms with Crippen LogP contribution in [-0.4, -0.2) is 17.7 Å². The number of isothiocyanates is 1. The summed E-state index contributed by atoms with van der Waals surface area (Å²) in [6, 6.07) is 7.67. The summed E-state index contributed by atoms with van der Waals surface area (Å²) in [5.41, 5.74) is 2.20. The van der Waals surface area contributed by atoms with Gasteiger partial charge in [0.25, 0.3) is 0 Å². The zero-order chi connectivity index (χ0) is 12.3. The van der Waals surface area contributed by atoms with Gasteiger partial charge in [-0.25, -0.2) is 4.99 Å². The summed E-state index contributed by atoms with van der Waals surface area (Å²) in [6.07, 6.45) is 0.667. The number of rotatable bonds is 3. The second kappa shape index (κ2) is 5.21. The molecule has 0 N–H and O–H groups in total. The van der Waals surface area contributed by atoms with Crippen LogP contribution in [0, 0.1) is 5.92 Å². The Morgan fingerprint density at radius 2 is 2.35 bits per heavy atom. The second-order valence-corrected chi connectivity index (χ2v) is 4.11. The molecule has 88 valence electrons. The molecule has 4 heteroatoms. The monoisotopic (exact) mass is 247 g/mol. The first kappa shape index (κ1) is 12.0. The van der Waals surface area contributed by atoms with Crippen molar-refractivity contribution in [3.8, 4) is 0 Å². The lowest BCUT2D eigenvalue weighted by Gasteiger charge is -2.13. The van der Waals surface area contributed by atoms with Gasteiger partial charge in [0.2, 0.25) is 0 Å². The molecule has 1 aliphatic rings. The minimum atomic E-state index is -0.261. The van der Waals surface area contributed by atoms with Crippen molar-refractivity contribution in [1.82, 2.24) is 0 Å². The van der Waals surface area contributed by atoms with Gasteiger partial charge in [-0.2, -0.15) is 0 Å². The van der Waals surface area contributed by atoms with Crippen LogP contribution in [0.15, 0.2) is 29.3 Å². The topological polar surface area (TPSA) is 38.7 Å². The van der Waals surface area contributed by atoms with Crippen LogP contribution in [-0.2, 0) is 16.0 Å². The predicted molar refractivity (Wildman–Crippen MR) is 68.0 cm³/mol. The Bertz CT molecular complexity index is 480. The molecule has 0 heterocycles. The zero-order valence-electron chi connectivity index (χ0n) is 9.55. The Morgan fingerprint density at radius 1 is 1.59 bits per heavy atom. The highest BCUT2D eigenvalue weighted by molar-refractivity contribution is 7.78. The number of hydrogen-bond donors (Lipinski definition) is 0. The second-order valence-electron chi connectivity index (χ2n) is 3.93. The first-order chi connectivity index (χ1) is 8.27. The summed E-state index contributed by atoms with van der Waals surface area (Å²) in [5.74, 6) is -0.467. The van der Waals surface area contributed by atoms with Crippen LogP contribution in [0.4, 0.5) is 0 Å². The molecule has 3 nitrogen and oxygen atoms in total. The number of carbonyl (C=O) groups is 1. The fraction of sp³-hybridized carbons (Fsp3) is 0.385. The van der Waals surface area contributed by atoms with Gasteiger partial charge >= 0.3 is 5.97 Å². The number of hydrogen-bond acceptors (Lipinski definition) is 4. The van der Waals surface area contributed by atoms with Crippen LogP contribution in [0.25, 0.3) is 0 Å². The molecule has 0 spiro atoms. The summed E-state index contributed by atoms with van der Waals surface area (Å²) >= 11 is 4.65. The van der Waals surface area contributed by atoms with Gasteiger partial charge < -0.3 is 4.74 Å². The molecule has 0 saturated heterocycles. The van der Waals surface area contributed by atoms with E-state index in [2.05, 4.69) is 22.4 Å². The number of esters is 1. The van der Waals surface area contributed by atoms with E-state index in [0.29, 0.717) is 13.0 Å². The summed E-state index contributed by atoms with van der Waals surface area (Å²) in [6.45, 7) is 2.19. The number of ether oxygens (including phenoxy) is 1. The van der Waals surface area contributed by atoms with Crippen molar-refractivity contribution in [2.45, 2.75) is 19.4 Å². The Labute approximate surface area is 106 Å². The summed E-state index contributed by atoms with van der Waals surface area (Å²) in [4.78, 5) is 16.0. The minimum Gasteiger partial charge on any atom is -0.466 e. The first-order valence-corrected chi connectivity index (χ1v) is 6.00. The van der Waals surface area contributed by atoms with Crippen LogP contribution in [0.1, 0.15) is 24.1 Å². The third kappa shape index (κ3) is 2.28. The SMILES string of the molecule is CCOC(=O)[C@H]1Cc2ccccc2[C@H]1N=C=S. The lowest BCUT2D eigenvalue weighted by atomic mass is 10.0. The quantitative estimate of drug-likeness (QED) is 0.468. The van der Waals surface area contributed by atoms with Crippen molar-refractivity contribution in [2.24, 2.45) is 10.9 Å². The summed E-state index contributed by atoms with van der Waals surface area (Å²) in [7, 11) is 0. The normalized spacial score (nSPS) is 21.5. The molecular weight excluding hydrogens is 234 g/mol. The van der Waals surface area contributed by atoms with E-state index >= 15 is 0 Å². The highest BCUT2D eigenvalue weighted by Crippen LogP contribution is 2.39. The van der Waals surface area contributed by atoms with Gasteiger partial charge in [0.15, 0.2) is 0 Å². The average Bonchev–Trinajstić information content (AvgIpc) is 2.70. The van der Waals surface area contributed by atoms with E-state index in [1.165, 1.54) is 0 Å². The first-order valence-electron chi connectivity index (χ1n) is 5.59. The minimum absolute atomic E-state index is 0.206. The van der Waals surface area contributed by atoms with E-state index in [1.54, 1.807) is 6.92 Å². The van der Waals surface area contributed by atoms with Crippen molar-refractivity contribution >= 4 is 23.3 Å². The lowest BCUT2D eigenvalue weighted by Crippen LogP contribution is -2.21. The van der Waals surface area contributed by atoms with Crippen LogP contribution in [0.2, 0.25) is 0 Å². The summed E-state index contributed by atoms with van der Waals surface area (Å²) in [5, 5.41) is 2.38. The average molecular weight is 247 g/mol. The van der Waals surface area contributed by atoms with Crippen molar-refractivity contribution in [3.05, 3.63) is 35.4 Å². The van der Waals surface area contributed by atoms with E-state index in [-0.39, 0.29) is 17.9 Å². The van der Waals surface area contributed by atoms with Gasteiger partial charge in [-0.05, 0) is 36.7 Å². The van der Waals surface area contributed by atoms with E-state index in [0.717, 1.165) is 11.1 Å². The van der Waals surface area contributed by atoms with E-state index in [9.17, 15) is 4.79 Å². The van der Waals surface area contributed by atoms with Gasteiger partial charge in [0.05, 0.1) is 23.7 Å². The Kier molecular flexibility index (Phi) is 3.67. The number of benzene rings is 1. The maximum absolute atomic E-state index is 11.9. The third-order valence-corrected chi connectivity index (χ3v) is 3.08. The molecule has 2 atom stereocenters. The van der Waals surface area contributed by atoms with Gasteiger partial charge in [0.1, 0.15) is 0 Å². The van der Waals surface area contributed by atoms with Gasteiger partial charge in [-0.1, -0.05) is 24.3 Å². The van der Waals surface area contributed by atoms with Crippen molar-refractivity contribution in [3.63, 3.8) is 0 Å².